The van der Waals surface area contributed by atoms with E-state index in [0.717, 1.165) is 15.8 Å². The van der Waals surface area contributed by atoms with Gasteiger partial charge in [0.15, 0.2) is 0 Å². The van der Waals surface area contributed by atoms with Gasteiger partial charge in [-0.15, -0.1) is 0 Å². The van der Waals surface area contributed by atoms with E-state index in [1.54, 1.807) is 0 Å². The minimum Gasteiger partial charge on any atom is -0.491 e. The zero-order valence-electron chi connectivity index (χ0n) is 8.81. The molecule has 0 bridgehead atoms. The van der Waals surface area contributed by atoms with E-state index in [1.807, 2.05) is 25.1 Å². The number of nitrogens with zero attached hydrogens (tertiary/aromatic N) is 1. The van der Waals surface area contributed by atoms with Gasteiger partial charge in [-0.3, -0.25) is 4.90 Å². The number of fused-ring (bicyclic) bond motifs is 1. The van der Waals surface area contributed by atoms with Gasteiger partial charge in [-0.1, -0.05) is 22.0 Å². The zero-order chi connectivity index (χ0) is 11.7. The molecule has 1 aromatic rings. The molecule has 1 heterocycles. The summed E-state index contributed by atoms with van der Waals surface area (Å²) in [4.78, 5) is 12.4. The highest BCUT2D eigenvalue weighted by molar-refractivity contribution is 9.10. The number of carbonyl (C=O) groups is 1. The maximum Gasteiger partial charge on any atom is 0.407 e. The van der Waals surface area contributed by atoms with Crippen LogP contribution in [0.5, 0.6) is 5.75 Å². The molecule has 86 valence electrons. The van der Waals surface area contributed by atoms with Crippen LogP contribution in [0.3, 0.4) is 0 Å². The molecule has 2 rings (SSSR count). The normalized spacial score (nSPS) is 19.6. The number of hydrogen-bond acceptors (Lipinski definition) is 2. The van der Waals surface area contributed by atoms with Crippen LogP contribution in [0.4, 0.5) is 4.79 Å². The summed E-state index contributed by atoms with van der Waals surface area (Å²) in [6.07, 6.45) is -0.910. The van der Waals surface area contributed by atoms with E-state index in [4.69, 9.17) is 9.84 Å². The smallest absolute Gasteiger partial charge is 0.407 e. The predicted octanol–water partition coefficient (Wildman–Crippen LogP) is 2.88. The third-order valence-corrected chi connectivity index (χ3v) is 3.22. The molecule has 0 saturated carbocycles. The Morgan fingerprint density at radius 2 is 2.38 bits per heavy atom. The molecule has 0 spiro atoms. The molecule has 5 heteroatoms. The average molecular weight is 286 g/mol. The Kier molecular flexibility index (Phi) is 3.05. The molecular weight excluding hydrogens is 274 g/mol. The first-order valence-electron chi connectivity index (χ1n) is 5.01. The Bertz CT molecular complexity index is 422. The molecule has 0 aliphatic carbocycles. The van der Waals surface area contributed by atoms with Crippen LogP contribution >= 0.6 is 15.9 Å². The van der Waals surface area contributed by atoms with E-state index in [2.05, 4.69) is 15.9 Å². The van der Waals surface area contributed by atoms with Crippen molar-refractivity contribution >= 4 is 22.0 Å². The molecule has 1 amide bonds. The van der Waals surface area contributed by atoms with Crippen LogP contribution in [0.15, 0.2) is 22.7 Å². The first-order valence-corrected chi connectivity index (χ1v) is 5.80. The third-order valence-electron chi connectivity index (χ3n) is 2.73. The highest BCUT2D eigenvalue weighted by Gasteiger charge is 2.26. The largest absolute Gasteiger partial charge is 0.491 e. The van der Waals surface area contributed by atoms with Gasteiger partial charge < -0.3 is 9.84 Å². The number of halogens is 1. The maximum atomic E-state index is 11.1. The number of amides is 1. The topological polar surface area (TPSA) is 49.8 Å². The summed E-state index contributed by atoms with van der Waals surface area (Å²) in [6.45, 7) is 2.65. The summed E-state index contributed by atoms with van der Waals surface area (Å²) in [5.74, 6) is 0.755. The molecule has 0 fully saturated rings. The Hall–Kier alpha value is -1.23. The Morgan fingerprint density at radius 3 is 3.06 bits per heavy atom. The first-order chi connectivity index (χ1) is 7.59. The van der Waals surface area contributed by atoms with Gasteiger partial charge in [-0.05, 0) is 19.1 Å². The van der Waals surface area contributed by atoms with Crippen LogP contribution in [0.2, 0.25) is 0 Å². The second-order valence-electron chi connectivity index (χ2n) is 3.68. The molecule has 1 aliphatic heterocycles. The van der Waals surface area contributed by atoms with Gasteiger partial charge in [0.05, 0.1) is 12.6 Å². The SMILES string of the molecule is CC1c2ccc(Br)cc2OCCN1C(=O)O. The molecule has 1 aliphatic rings. The van der Waals surface area contributed by atoms with E-state index in [9.17, 15) is 4.79 Å². The Morgan fingerprint density at radius 1 is 1.62 bits per heavy atom. The summed E-state index contributed by atoms with van der Waals surface area (Å²) in [7, 11) is 0. The Labute approximate surface area is 102 Å². The van der Waals surface area contributed by atoms with Crippen LogP contribution in [0.1, 0.15) is 18.5 Å². The van der Waals surface area contributed by atoms with Gasteiger partial charge in [-0.25, -0.2) is 4.79 Å². The highest BCUT2D eigenvalue weighted by atomic mass is 79.9. The van der Waals surface area contributed by atoms with Crippen molar-refractivity contribution in [1.82, 2.24) is 4.90 Å². The van der Waals surface area contributed by atoms with Crippen molar-refractivity contribution in [2.24, 2.45) is 0 Å². The average Bonchev–Trinajstić information content (AvgIpc) is 2.37. The third kappa shape index (κ3) is 2.00. The molecule has 4 nitrogen and oxygen atoms in total. The Balaban J connectivity index is 2.41. The predicted molar refractivity (Wildman–Crippen MR) is 62.8 cm³/mol. The lowest BCUT2D eigenvalue weighted by Gasteiger charge is -2.23. The van der Waals surface area contributed by atoms with Gasteiger partial charge in [0, 0.05) is 10.0 Å². The van der Waals surface area contributed by atoms with Gasteiger partial charge in [0.25, 0.3) is 0 Å². The van der Waals surface area contributed by atoms with E-state index in [0.29, 0.717) is 13.2 Å². The van der Waals surface area contributed by atoms with Crippen molar-refractivity contribution in [3.05, 3.63) is 28.2 Å². The van der Waals surface area contributed by atoms with Crippen LogP contribution in [0.25, 0.3) is 0 Å². The molecule has 0 radical (unpaired) electrons. The van der Waals surface area contributed by atoms with Crippen LogP contribution < -0.4 is 4.74 Å². The van der Waals surface area contributed by atoms with Crippen LogP contribution in [-0.4, -0.2) is 29.3 Å². The summed E-state index contributed by atoms with van der Waals surface area (Å²) < 4.78 is 6.48. The fourth-order valence-electron chi connectivity index (χ4n) is 1.86. The van der Waals surface area contributed by atoms with Gasteiger partial charge >= 0.3 is 6.09 Å². The van der Waals surface area contributed by atoms with Crippen LogP contribution in [0, 0.1) is 0 Å². The van der Waals surface area contributed by atoms with E-state index in [1.165, 1.54) is 4.90 Å². The summed E-state index contributed by atoms with van der Waals surface area (Å²) in [5, 5.41) is 9.07. The molecular formula is C11H12BrNO3. The van der Waals surface area contributed by atoms with Gasteiger partial charge in [0.1, 0.15) is 12.4 Å². The quantitative estimate of drug-likeness (QED) is 0.797. The molecule has 1 atom stereocenters. The second-order valence-corrected chi connectivity index (χ2v) is 4.60. The lowest BCUT2D eigenvalue weighted by atomic mass is 10.1. The fourth-order valence-corrected chi connectivity index (χ4v) is 2.20. The number of hydrogen-bond donors (Lipinski definition) is 1. The molecule has 0 aromatic heterocycles. The molecule has 0 saturated heterocycles. The molecule has 1 unspecified atom stereocenters. The molecule has 16 heavy (non-hydrogen) atoms. The van der Waals surface area contributed by atoms with E-state index < -0.39 is 6.09 Å². The monoisotopic (exact) mass is 285 g/mol. The van der Waals surface area contributed by atoms with Crippen LogP contribution in [-0.2, 0) is 0 Å². The zero-order valence-corrected chi connectivity index (χ0v) is 10.4. The maximum absolute atomic E-state index is 11.1. The molecule has 1 N–H and O–H groups in total. The van der Waals surface area contributed by atoms with Gasteiger partial charge in [0.2, 0.25) is 0 Å². The van der Waals surface area contributed by atoms with Crippen molar-refractivity contribution in [3.8, 4) is 5.75 Å². The summed E-state index contributed by atoms with van der Waals surface area (Å²) >= 11 is 3.37. The summed E-state index contributed by atoms with van der Waals surface area (Å²) in [5.41, 5.74) is 0.906. The first kappa shape index (κ1) is 11.3. The standard InChI is InChI=1S/C11H12BrNO3/c1-7-9-3-2-8(12)6-10(9)16-5-4-13(7)11(14)15/h2-3,6-7H,4-5H2,1H3,(H,14,15). The number of benzene rings is 1. The lowest BCUT2D eigenvalue weighted by molar-refractivity contribution is 0.124. The lowest BCUT2D eigenvalue weighted by Crippen LogP contribution is -2.33. The van der Waals surface area contributed by atoms with Crippen molar-refractivity contribution in [2.75, 3.05) is 13.2 Å². The molecule has 1 aromatic carbocycles. The van der Waals surface area contributed by atoms with E-state index in [-0.39, 0.29) is 6.04 Å². The highest BCUT2D eigenvalue weighted by Crippen LogP contribution is 2.33. The van der Waals surface area contributed by atoms with Crippen molar-refractivity contribution in [1.29, 1.82) is 0 Å². The van der Waals surface area contributed by atoms with Crippen molar-refractivity contribution < 1.29 is 14.6 Å². The van der Waals surface area contributed by atoms with Gasteiger partial charge in [-0.2, -0.15) is 0 Å². The fraction of sp³-hybridized carbons (Fsp3) is 0.364. The number of rotatable bonds is 0. The van der Waals surface area contributed by atoms with Crippen molar-refractivity contribution in [3.63, 3.8) is 0 Å². The van der Waals surface area contributed by atoms with Crippen molar-refractivity contribution in [2.45, 2.75) is 13.0 Å². The minimum atomic E-state index is -0.910. The second kappa shape index (κ2) is 4.33. The minimum absolute atomic E-state index is 0.178. The number of carboxylic acid groups (broad SMARTS) is 1. The summed E-state index contributed by atoms with van der Waals surface area (Å²) in [6, 6.07) is 5.48. The van der Waals surface area contributed by atoms with E-state index >= 15 is 0 Å². The number of ether oxygens (including phenoxy) is 1.